The molecule has 4 rings (SSSR count). The largest absolute Gasteiger partial charge is 0.416 e. The normalized spacial score (nSPS) is 16.0. The fourth-order valence-electron chi connectivity index (χ4n) is 3.82. The van der Waals surface area contributed by atoms with Crippen molar-refractivity contribution >= 4 is 40.9 Å². The third kappa shape index (κ3) is 5.26. The standard InChI is InChI=1S/C22H19F3N4O4S.H2S/c1-13-12-28(17-7-5-16(6-8-17)22(23,24)25)21(31)20-15(11-27-29(13)20)10-19(30)14-3-2-4-18(9-14)34(26,32)33;/h2-9,11,13H,10,12H2,1H3,(H2,26,32,33);1H2/t13-;/m0./s1. The van der Waals surface area contributed by atoms with Crippen molar-refractivity contribution in [1.82, 2.24) is 9.78 Å². The van der Waals surface area contributed by atoms with Gasteiger partial charge in [-0.25, -0.2) is 13.6 Å². The molecule has 13 heteroatoms. The number of hydrogen-bond donors (Lipinski definition) is 1. The van der Waals surface area contributed by atoms with Crippen molar-refractivity contribution < 1.29 is 31.2 Å². The Bertz CT molecular complexity index is 1390. The van der Waals surface area contributed by atoms with Gasteiger partial charge in [0.2, 0.25) is 10.0 Å². The molecule has 2 heterocycles. The number of carbonyl (C=O) groups excluding carboxylic acids is 2. The molecule has 0 spiro atoms. The van der Waals surface area contributed by atoms with Gasteiger partial charge >= 0.3 is 6.18 Å². The van der Waals surface area contributed by atoms with Crippen LogP contribution in [0.4, 0.5) is 18.9 Å². The summed E-state index contributed by atoms with van der Waals surface area (Å²) in [6.45, 7) is 1.98. The van der Waals surface area contributed by atoms with Crippen LogP contribution in [0.15, 0.2) is 59.6 Å². The number of nitrogens with zero attached hydrogens (tertiary/aromatic N) is 3. The molecule has 1 aromatic heterocycles. The Labute approximate surface area is 206 Å². The van der Waals surface area contributed by atoms with Crippen LogP contribution in [0.5, 0.6) is 0 Å². The zero-order valence-corrected chi connectivity index (χ0v) is 20.1. The van der Waals surface area contributed by atoms with Crippen LogP contribution in [-0.2, 0) is 22.6 Å². The molecule has 1 aliphatic rings. The second-order valence-corrected chi connectivity index (χ2v) is 9.51. The summed E-state index contributed by atoms with van der Waals surface area (Å²) in [5.74, 6) is -0.954. The Morgan fingerprint density at radius 3 is 2.43 bits per heavy atom. The number of carbonyl (C=O) groups is 2. The number of alkyl halides is 3. The molecule has 2 N–H and O–H groups in total. The second kappa shape index (κ2) is 9.47. The van der Waals surface area contributed by atoms with Gasteiger partial charge in [0.15, 0.2) is 5.78 Å². The van der Waals surface area contributed by atoms with Crippen LogP contribution < -0.4 is 10.0 Å². The molecule has 2 aromatic carbocycles. The maximum absolute atomic E-state index is 13.3. The first-order valence-electron chi connectivity index (χ1n) is 10.1. The lowest BCUT2D eigenvalue weighted by molar-refractivity contribution is -0.137. The number of halogens is 3. The van der Waals surface area contributed by atoms with Crippen LogP contribution in [0.25, 0.3) is 0 Å². The Kier molecular flexibility index (Phi) is 7.16. The molecule has 3 aromatic rings. The predicted octanol–water partition coefficient (Wildman–Crippen LogP) is 3.31. The van der Waals surface area contributed by atoms with E-state index in [1.54, 1.807) is 6.92 Å². The quantitative estimate of drug-likeness (QED) is 0.512. The van der Waals surface area contributed by atoms with E-state index in [-0.39, 0.29) is 54.3 Å². The number of amides is 1. The van der Waals surface area contributed by atoms with Gasteiger partial charge < -0.3 is 4.90 Å². The summed E-state index contributed by atoms with van der Waals surface area (Å²) in [7, 11) is -4.00. The number of hydrogen-bond acceptors (Lipinski definition) is 5. The first kappa shape index (κ1) is 26.4. The van der Waals surface area contributed by atoms with Crippen molar-refractivity contribution in [1.29, 1.82) is 0 Å². The van der Waals surface area contributed by atoms with E-state index in [2.05, 4.69) is 5.10 Å². The van der Waals surface area contributed by atoms with Crippen molar-refractivity contribution in [3.05, 3.63) is 77.1 Å². The van der Waals surface area contributed by atoms with E-state index in [9.17, 15) is 31.2 Å². The van der Waals surface area contributed by atoms with Crippen LogP contribution in [0.2, 0.25) is 0 Å². The van der Waals surface area contributed by atoms with Gasteiger partial charge in [0.1, 0.15) is 5.69 Å². The molecule has 0 bridgehead atoms. The number of anilines is 1. The van der Waals surface area contributed by atoms with Gasteiger partial charge in [-0.05, 0) is 43.3 Å². The lowest BCUT2D eigenvalue weighted by Crippen LogP contribution is -2.43. The average Bonchev–Trinajstić information content (AvgIpc) is 3.20. The first-order valence-corrected chi connectivity index (χ1v) is 11.6. The molecule has 35 heavy (non-hydrogen) atoms. The van der Waals surface area contributed by atoms with E-state index in [0.29, 0.717) is 5.56 Å². The lowest BCUT2D eigenvalue weighted by atomic mass is 10.0. The molecule has 8 nitrogen and oxygen atoms in total. The topological polar surface area (TPSA) is 115 Å². The summed E-state index contributed by atoms with van der Waals surface area (Å²) in [6, 6.07) is 9.21. The monoisotopic (exact) mass is 526 g/mol. The molecular formula is C22H21F3N4O4S2. The van der Waals surface area contributed by atoms with Gasteiger partial charge in [0, 0.05) is 29.8 Å². The molecule has 1 aliphatic heterocycles. The average molecular weight is 527 g/mol. The first-order chi connectivity index (χ1) is 15.9. The van der Waals surface area contributed by atoms with Crippen molar-refractivity contribution in [2.75, 3.05) is 11.4 Å². The Balaban J connectivity index is 0.00000342. The number of sulfonamides is 1. The minimum absolute atomic E-state index is 0. The van der Waals surface area contributed by atoms with Crippen LogP contribution >= 0.6 is 13.5 Å². The molecule has 0 saturated heterocycles. The zero-order chi connectivity index (χ0) is 24.8. The van der Waals surface area contributed by atoms with Gasteiger partial charge in [-0.3, -0.25) is 14.3 Å². The van der Waals surface area contributed by atoms with Gasteiger partial charge in [-0.2, -0.15) is 31.8 Å². The van der Waals surface area contributed by atoms with E-state index in [0.717, 1.165) is 18.2 Å². The number of Topliss-reactive ketones (excluding diaryl/α,β-unsaturated/α-hetero) is 1. The number of ketones is 1. The summed E-state index contributed by atoms with van der Waals surface area (Å²) in [4.78, 5) is 27.2. The van der Waals surface area contributed by atoms with Gasteiger partial charge in [0.05, 0.1) is 22.7 Å². The highest BCUT2D eigenvalue weighted by molar-refractivity contribution is 7.89. The summed E-state index contributed by atoms with van der Waals surface area (Å²) in [5.41, 5.74) is 0.0266. The zero-order valence-electron chi connectivity index (χ0n) is 18.3. The molecule has 0 saturated carbocycles. The molecule has 1 amide bonds. The molecule has 186 valence electrons. The fraction of sp³-hybridized carbons (Fsp3) is 0.227. The van der Waals surface area contributed by atoms with Crippen LogP contribution in [0, 0.1) is 0 Å². The van der Waals surface area contributed by atoms with Gasteiger partial charge in [-0.15, -0.1) is 0 Å². The number of primary sulfonamides is 1. The third-order valence-corrected chi connectivity index (χ3v) is 6.44. The number of benzene rings is 2. The molecule has 0 radical (unpaired) electrons. The minimum atomic E-state index is -4.50. The highest BCUT2D eigenvalue weighted by Crippen LogP contribution is 2.33. The number of nitrogens with two attached hydrogens (primary N) is 1. The maximum atomic E-state index is 13.3. The van der Waals surface area contributed by atoms with E-state index in [1.807, 2.05) is 0 Å². The van der Waals surface area contributed by atoms with Crippen molar-refractivity contribution in [2.45, 2.75) is 30.5 Å². The summed E-state index contributed by atoms with van der Waals surface area (Å²) in [6.07, 6.45) is -3.34. The second-order valence-electron chi connectivity index (χ2n) is 7.95. The fourth-order valence-corrected chi connectivity index (χ4v) is 4.38. The van der Waals surface area contributed by atoms with Gasteiger partial charge in [0.25, 0.3) is 5.91 Å². The Morgan fingerprint density at radius 1 is 1.17 bits per heavy atom. The van der Waals surface area contributed by atoms with E-state index >= 15 is 0 Å². The Hall–Kier alpha value is -3.16. The minimum Gasteiger partial charge on any atom is -0.305 e. The molecule has 0 fully saturated rings. The highest BCUT2D eigenvalue weighted by Gasteiger charge is 2.35. The Morgan fingerprint density at radius 2 is 1.83 bits per heavy atom. The van der Waals surface area contributed by atoms with Crippen molar-refractivity contribution in [3.8, 4) is 0 Å². The maximum Gasteiger partial charge on any atom is 0.416 e. The van der Waals surface area contributed by atoms with Crippen molar-refractivity contribution in [3.63, 3.8) is 0 Å². The van der Waals surface area contributed by atoms with Crippen LogP contribution in [0.1, 0.15) is 44.9 Å². The predicted molar refractivity (Wildman–Crippen MR) is 126 cm³/mol. The summed E-state index contributed by atoms with van der Waals surface area (Å²) >= 11 is 0. The van der Waals surface area contributed by atoms with Crippen molar-refractivity contribution in [2.24, 2.45) is 5.14 Å². The smallest absolute Gasteiger partial charge is 0.305 e. The third-order valence-electron chi connectivity index (χ3n) is 5.53. The van der Waals surface area contributed by atoms with E-state index in [4.69, 9.17) is 5.14 Å². The number of aromatic nitrogens is 2. The van der Waals surface area contributed by atoms with Crippen LogP contribution in [-0.4, -0.2) is 36.4 Å². The van der Waals surface area contributed by atoms with Gasteiger partial charge in [-0.1, -0.05) is 12.1 Å². The number of rotatable bonds is 5. The SMILES string of the molecule is C[C@H]1CN(c2ccc(C(F)(F)F)cc2)C(=O)c2c(CC(=O)c3cccc(S(N)(=O)=O)c3)cnn21.S. The van der Waals surface area contributed by atoms with Crippen LogP contribution in [0.3, 0.4) is 0 Å². The highest BCUT2D eigenvalue weighted by atomic mass is 32.2. The molecule has 0 unspecified atom stereocenters. The molecule has 1 atom stereocenters. The summed E-state index contributed by atoms with van der Waals surface area (Å²) < 4.78 is 63.3. The lowest BCUT2D eigenvalue weighted by Gasteiger charge is -2.32. The summed E-state index contributed by atoms with van der Waals surface area (Å²) in [5, 5.41) is 9.34. The number of fused-ring (bicyclic) bond motifs is 1. The molecular weight excluding hydrogens is 505 g/mol. The molecule has 0 aliphatic carbocycles. The van der Waals surface area contributed by atoms with E-state index < -0.39 is 33.5 Å². The van der Waals surface area contributed by atoms with E-state index in [1.165, 1.54) is 46.1 Å².